The SMILES string of the molecule is Cc1cc(C)c(C(=O)CCCCCCC(=O)c2c(C)cc(C)cc2C)c(C)c1. The number of carbonyl (C=O) groups is 2. The molecule has 2 heteroatoms. The third-order valence-corrected chi connectivity index (χ3v) is 5.47. The summed E-state index contributed by atoms with van der Waals surface area (Å²) < 4.78 is 0. The molecule has 28 heavy (non-hydrogen) atoms. The largest absolute Gasteiger partial charge is 0.294 e. The summed E-state index contributed by atoms with van der Waals surface area (Å²) in [7, 11) is 0. The van der Waals surface area contributed by atoms with Crippen LogP contribution < -0.4 is 0 Å². The van der Waals surface area contributed by atoms with Crippen LogP contribution in [0.15, 0.2) is 24.3 Å². The molecule has 0 N–H and O–H groups in total. The highest BCUT2D eigenvalue weighted by Gasteiger charge is 2.14. The molecule has 0 atom stereocenters. The van der Waals surface area contributed by atoms with Crippen LogP contribution in [0.25, 0.3) is 0 Å². The van der Waals surface area contributed by atoms with Crippen LogP contribution in [0.3, 0.4) is 0 Å². The van der Waals surface area contributed by atoms with Crippen molar-refractivity contribution in [3.8, 4) is 0 Å². The normalized spacial score (nSPS) is 10.9. The van der Waals surface area contributed by atoms with Crippen LogP contribution in [0.2, 0.25) is 0 Å². The van der Waals surface area contributed by atoms with Crippen LogP contribution in [-0.2, 0) is 0 Å². The summed E-state index contributed by atoms with van der Waals surface area (Å²) in [5, 5.41) is 0. The van der Waals surface area contributed by atoms with Gasteiger partial charge in [-0.05, 0) is 76.6 Å². The Labute approximate surface area is 170 Å². The van der Waals surface area contributed by atoms with Gasteiger partial charge in [-0.3, -0.25) is 9.59 Å². The van der Waals surface area contributed by atoms with Gasteiger partial charge in [0, 0.05) is 24.0 Å². The summed E-state index contributed by atoms with van der Waals surface area (Å²) in [6.45, 7) is 12.2. The van der Waals surface area contributed by atoms with E-state index in [1.165, 1.54) is 11.1 Å². The molecule has 0 heterocycles. The second-order valence-electron chi connectivity index (χ2n) is 8.31. The van der Waals surface area contributed by atoms with Crippen molar-refractivity contribution >= 4 is 11.6 Å². The van der Waals surface area contributed by atoms with Gasteiger partial charge in [-0.15, -0.1) is 0 Å². The zero-order valence-electron chi connectivity index (χ0n) is 18.4. The van der Waals surface area contributed by atoms with Crippen LogP contribution in [0.4, 0.5) is 0 Å². The Morgan fingerprint density at radius 1 is 0.536 bits per heavy atom. The Morgan fingerprint density at radius 3 is 1.11 bits per heavy atom. The number of Topliss-reactive ketones (excluding diaryl/α,β-unsaturated/α-hetero) is 2. The minimum atomic E-state index is 0.247. The fourth-order valence-electron chi connectivity index (χ4n) is 4.41. The smallest absolute Gasteiger partial charge is 0.163 e. The quantitative estimate of drug-likeness (QED) is 0.350. The number of rotatable bonds is 9. The molecule has 2 aromatic carbocycles. The molecule has 0 aromatic heterocycles. The van der Waals surface area contributed by atoms with Crippen LogP contribution in [0.5, 0.6) is 0 Å². The molecule has 0 aliphatic carbocycles. The van der Waals surface area contributed by atoms with E-state index in [0.717, 1.165) is 59.1 Å². The molecule has 2 aromatic rings. The summed E-state index contributed by atoms with van der Waals surface area (Å²) in [5.41, 5.74) is 8.52. The minimum Gasteiger partial charge on any atom is -0.294 e. The number of hydrogen-bond donors (Lipinski definition) is 0. The Morgan fingerprint density at radius 2 is 0.821 bits per heavy atom. The van der Waals surface area contributed by atoms with Crippen molar-refractivity contribution in [2.75, 3.05) is 0 Å². The summed E-state index contributed by atoms with van der Waals surface area (Å²) in [4.78, 5) is 25.1. The minimum absolute atomic E-state index is 0.247. The molecular weight excluding hydrogens is 344 g/mol. The summed E-state index contributed by atoms with van der Waals surface area (Å²) in [6.07, 6.45) is 4.96. The zero-order valence-corrected chi connectivity index (χ0v) is 18.4. The van der Waals surface area contributed by atoms with Gasteiger partial charge in [-0.2, -0.15) is 0 Å². The van der Waals surface area contributed by atoms with E-state index in [1.807, 2.05) is 27.7 Å². The van der Waals surface area contributed by atoms with E-state index < -0.39 is 0 Å². The van der Waals surface area contributed by atoms with Gasteiger partial charge in [0.05, 0.1) is 0 Å². The first-order valence-electron chi connectivity index (χ1n) is 10.4. The molecule has 0 aliphatic rings. The summed E-state index contributed by atoms with van der Waals surface area (Å²) in [6, 6.07) is 8.34. The Balaban J connectivity index is 1.77. The lowest BCUT2D eigenvalue weighted by Crippen LogP contribution is -2.06. The lowest BCUT2D eigenvalue weighted by molar-refractivity contribution is 0.0965. The molecule has 0 saturated carbocycles. The molecular formula is C26H34O2. The molecule has 150 valence electrons. The van der Waals surface area contributed by atoms with Crippen LogP contribution in [0, 0.1) is 41.5 Å². The first kappa shape index (κ1) is 22.1. The lowest BCUT2D eigenvalue weighted by atomic mass is 9.93. The van der Waals surface area contributed by atoms with E-state index in [-0.39, 0.29) is 11.6 Å². The maximum Gasteiger partial charge on any atom is 0.163 e. The lowest BCUT2D eigenvalue weighted by Gasteiger charge is -2.11. The van der Waals surface area contributed by atoms with Gasteiger partial charge in [0.25, 0.3) is 0 Å². The van der Waals surface area contributed by atoms with Gasteiger partial charge in [-0.1, -0.05) is 48.2 Å². The van der Waals surface area contributed by atoms with E-state index in [2.05, 4.69) is 38.1 Å². The molecule has 2 rings (SSSR count). The molecule has 0 radical (unpaired) electrons. The topological polar surface area (TPSA) is 34.1 Å². The number of aryl methyl sites for hydroxylation is 6. The summed E-state index contributed by atoms with van der Waals surface area (Å²) in [5.74, 6) is 0.494. The van der Waals surface area contributed by atoms with Gasteiger partial charge >= 0.3 is 0 Å². The third kappa shape index (κ3) is 5.64. The first-order valence-corrected chi connectivity index (χ1v) is 10.4. The fraction of sp³-hybridized carbons (Fsp3) is 0.462. The van der Waals surface area contributed by atoms with Crippen molar-refractivity contribution in [2.45, 2.75) is 80.1 Å². The van der Waals surface area contributed by atoms with Crippen molar-refractivity contribution in [1.29, 1.82) is 0 Å². The van der Waals surface area contributed by atoms with Crippen molar-refractivity contribution < 1.29 is 9.59 Å². The Kier molecular flexibility index (Phi) is 7.74. The van der Waals surface area contributed by atoms with E-state index in [4.69, 9.17) is 0 Å². The van der Waals surface area contributed by atoms with Gasteiger partial charge in [0.15, 0.2) is 11.6 Å². The van der Waals surface area contributed by atoms with Gasteiger partial charge < -0.3 is 0 Å². The number of hydrogen-bond acceptors (Lipinski definition) is 2. The van der Waals surface area contributed by atoms with Crippen molar-refractivity contribution in [3.05, 3.63) is 68.8 Å². The van der Waals surface area contributed by atoms with Crippen molar-refractivity contribution in [1.82, 2.24) is 0 Å². The monoisotopic (exact) mass is 378 g/mol. The first-order chi connectivity index (χ1) is 13.2. The average molecular weight is 379 g/mol. The van der Waals surface area contributed by atoms with Crippen LogP contribution in [-0.4, -0.2) is 11.6 Å². The second kappa shape index (κ2) is 9.82. The Hall–Kier alpha value is -2.22. The molecule has 0 aliphatic heterocycles. The molecule has 2 nitrogen and oxygen atoms in total. The molecule has 0 spiro atoms. The highest BCUT2D eigenvalue weighted by molar-refractivity contribution is 5.99. The van der Waals surface area contributed by atoms with E-state index in [1.54, 1.807) is 0 Å². The average Bonchev–Trinajstić information content (AvgIpc) is 2.56. The molecule has 0 amide bonds. The van der Waals surface area contributed by atoms with E-state index in [9.17, 15) is 9.59 Å². The number of unbranched alkanes of at least 4 members (excludes halogenated alkanes) is 3. The van der Waals surface area contributed by atoms with E-state index >= 15 is 0 Å². The molecule has 0 bridgehead atoms. The third-order valence-electron chi connectivity index (χ3n) is 5.47. The summed E-state index contributed by atoms with van der Waals surface area (Å²) >= 11 is 0. The number of carbonyl (C=O) groups excluding carboxylic acids is 2. The maximum atomic E-state index is 12.6. The van der Waals surface area contributed by atoms with Gasteiger partial charge in [0.2, 0.25) is 0 Å². The zero-order chi connectivity index (χ0) is 20.8. The predicted molar refractivity (Wildman–Crippen MR) is 118 cm³/mol. The predicted octanol–water partition coefficient (Wildman–Crippen LogP) is 6.94. The molecule has 0 saturated heterocycles. The number of benzene rings is 2. The van der Waals surface area contributed by atoms with Gasteiger partial charge in [-0.25, -0.2) is 0 Å². The number of ketones is 2. The molecule has 0 fully saturated rings. The molecule has 0 unspecified atom stereocenters. The maximum absolute atomic E-state index is 12.6. The van der Waals surface area contributed by atoms with E-state index in [0.29, 0.717) is 12.8 Å². The van der Waals surface area contributed by atoms with Gasteiger partial charge in [0.1, 0.15) is 0 Å². The second-order valence-corrected chi connectivity index (χ2v) is 8.31. The van der Waals surface area contributed by atoms with Crippen molar-refractivity contribution in [3.63, 3.8) is 0 Å². The highest BCUT2D eigenvalue weighted by atomic mass is 16.1. The fourth-order valence-corrected chi connectivity index (χ4v) is 4.41. The standard InChI is InChI=1S/C26H34O2/c1-17-13-19(3)25(20(4)14-17)23(27)11-9-7-8-10-12-24(28)26-21(5)15-18(2)16-22(26)6/h13-16H,7-12H2,1-6H3. The van der Waals surface area contributed by atoms with Crippen LogP contribution in [0.1, 0.15) is 92.6 Å². The highest BCUT2D eigenvalue weighted by Crippen LogP contribution is 2.21. The van der Waals surface area contributed by atoms with Crippen LogP contribution >= 0.6 is 0 Å². The van der Waals surface area contributed by atoms with Crippen molar-refractivity contribution in [2.24, 2.45) is 0 Å². The Bertz CT molecular complexity index is 754.